The van der Waals surface area contributed by atoms with Gasteiger partial charge in [0.2, 0.25) is 0 Å². The van der Waals surface area contributed by atoms with Crippen LogP contribution in [-0.2, 0) is 19.4 Å². The van der Waals surface area contributed by atoms with Gasteiger partial charge in [-0.15, -0.1) is 11.3 Å². The van der Waals surface area contributed by atoms with Crippen LogP contribution in [-0.4, -0.2) is 61.4 Å². The average Bonchev–Trinajstić information content (AvgIpc) is 3.35. The Morgan fingerprint density at radius 3 is 2.71 bits per heavy atom. The Labute approximate surface area is 188 Å². The third-order valence-corrected chi connectivity index (χ3v) is 8.24. The molecule has 0 aliphatic carbocycles. The maximum atomic E-state index is 12.9. The molecule has 3 heterocycles. The normalized spacial score (nSPS) is 17.5. The Balaban J connectivity index is 1.54. The first-order valence-electron chi connectivity index (χ1n) is 9.52. The molecule has 3 aromatic rings. The number of amides is 1. The monoisotopic (exact) mass is 478 g/mol. The molecule has 1 aliphatic rings. The van der Waals surface area contributed by atoms with E-state index in [1.165, 1.54) is 23.3 Å². The molecule has 1 saturated heterocycles. The van der Waals surface area contributed by atoms with E-state index in [9.17, 15) is 18.0 Å². The van der Waals surface area contributed by atoms with E-state index in [-0.39, 0.29) is 11.5 Å². The molecule has 1 aromatic carbocycles. The first kappa shape index (κ1) is 21.7. The molecule has 0 N–H and O–H groups in total. The number of aromatic nitrogens is 1. The lowest BCUT2D eigenvalue weighted by atomic mass is 10.1. The number of ether oxygens (including phenoxy) is 1. The second-order valence-corrected chi connectivity index (χ2v) is 11.3. The highest BCUT2D eigenvalue weighted by Gasteiger charge is 2.33. The quantitative estimate of drug-likeness (QED) is 0.521. The summed E-state index contributed by atoms with van der Waals surface area (Å²) in [6.07, 6.45) is 0.389. The summed E-state index contributed by atoms with van der Waals surface area (Å²) in [5, 5.41) is 0.613. The summed E-state index contributed by atoms with van der Waals surface area (Å²) in [5.41, 5.74) is 1.50. The topological polar surface area (TPSA) is 93.6 Å². The van der Waals surface area contributed by atoms with Gasteiger partial charge in [0.25, 0.3) is 5.91 Å². The van der Waals surface area contributed by atoms with E-state index in [2.05, 4.69) is 4.98 Å². The molecule has 4 rings (SSSR count). The van der Waals surface area contributed by atoms with E-state index in [1.54, 1.807) is 30.3 Å². The molecule has 1 amide bonds. The van der Waals surface area contributed by atoms with Gasteiger partial charge in [-0.25, -0.2) is 18.2 Å². The fourth-order valence-electron chi connectivity index (χ4n) is 3.51. The molecule has 0 bridgehead atoms. The minimum Gasteiger partial charge on any atom is -0.452 e. The van der Waals surface area contributed by atoms with Crippen molar-refractivity contribution < 1.29 is 22.7 Å². The zero-order valence-electron chi connectivity index (χ0n) is 16.6. The van der Waals surface area contributed by atoms with Crippen LogP contribution in [0.5, 0.6) is 0 Å². The summed E-state index contributed by atoms with van der Waals surface area (Å²) in [4.78, 5) is 32.1. The van der Waals surface area contributed by atoms with Gasteiger partial charge in [-0.1, -0.05) is 29.8 Å². The van der Waals surface area contributed by atoms with Crippen molar-refractivity contribution >= 4 is 55.6 Å². The predicted molar refractivity (Wildman–Crippen MR) is 120 cm³/mol. The van der Waals surface area contributed by atoms with Gasteiger partial charge in [0.05, 0.1) is 37.5 Å². The van der Waals surface area contributed by atoms with Gasteiger partial charge in [-0.05, 0) is 30.7 Å². The summed E-state index contributed by atoms with van der Waals surface area (Å²) in [5.74, 6) is -1.10. The molecule has 0 spiro atoms. The number of sulfone groups is 1. The molecule has 0 radical (unpaired) electrons. The van der Waals surface area contributed by atoms with Crippen LogP contribution in [0, 0.1) is 0 Å². The number of thiophene rings is 1. The highest BCUT2D eigenvalue weighted by Crippen LogP contribution is 2.32. The highest BCUT2D eigenvalue weighted by atomic mass is 35.5. The predicted octanol–water partition coefficient (Wildman–Crippen LogP) is 3.42. The zero-order chi connectivity index (χ0) is 22.2. The minimum atomic E-state index is -3.12. The van der Waals surface area contributed by atoms with Crippen LogP contribution in [0.2, 0.25) is 4.34 Å². The molecule has 0 unspecified atom stereocenters. The summed E-state index contributed by atoms with van der Waals surface area (Å²) in [7, 11) is -1.59. The van der Waals surface area contributed by atoms with Gasteiger partial charge < -0.3 is 9.64 Å². The average molecular weight is 479 g/mol. The second-order valence-electron chi connectivity index (χ2n) is 7.31. The number of esters is 1. The number of fused-ring (bicyclic) bond motifs is 1. The van der Waals surface area contributed by atoms with Gasteiger partial charge in [-0.3, -0.25) is 4.79 Å². The summed E-state index contributed by atoms with van der Waals surface area (Å²) in [6, 6.07) is 12.0. The van der Waals surface area contributed by atoms with Crippen molar-refractivity contribution in [3.63, 3.8) is 0 Å². The Morgan fingerprint density at radius 2 is 2.03 bits per heavy atom. The lowest BCUT2D eigenvalue weighted by Crippen LogP contribution is -2.40. The van der Waals surface area contributed by atoms with Crippen LogP contribution >= 0.6 is 22.9 Å². The van der Waals surface area contributed by atoms with Crippen LogP contribution < -0.4 is 0 Å². The highest BCUT2D eigenvalue weighted by molar-refractivity contribution is 7.91. The molecule has 2 aromatic heterocycles. The molecular weight excluding hydrogens is 460 g/mol. The summed E-state index contributed by atoms with van der Waals surface area (Å²) in [6.45, 7) is -0.470. The SMILES string of the molecule is CN(C(=O)COC(=O)c1cc(-c2ccc(Cl)s2)nc2ccccc12)[C@H]1CCS(=O)(=O)C1. The first-order valence-corrected chi connectivity index (χ1v) is 12.5. The van der Waals surface area contributed by atoms with Crippen molar-refractivity contribution in [1.82, 2.24) is 9.88 Å². The smallest absolute Gasteiger partial charge is 0.339 e. The van der Waals surface area contributed by atoms with Gasteiger partial charge in [0.15, 0.2) is 16.4 Å². The number of halogens is 1. The van der Waals surface area contributed by atoms with Crippen LogP contribution in [0.25, 0.3) is 21.5 Å². The van der Waals surface area contributed by atoms with Crippen LogP contribution in [0.15, 0.2) is 42.5 Å². The van der Waals surface area contributed by atoms with E-state index >= 15 is 0 Å². The van der Waals surface area contributed by atoms with Crippen molar-refractivity contribution in [3.05, 3.63) is 52.4 Å². The zero-order valence-corrected chi connectivity index (χ0v) is 19.0. The number of rotatable bonds is 5. The molecule has 1 aliphatic heterocycles. The van der Waals surface area contributed by atoms with Crippen molar-refractivity contribution in [2.45, 2.75) is 12.5 Å². The number of carbonyl (C=O) groups is 2. The number of pyridine rings is 1. The lowest BCUT2D eigenvalue weighted by molar-refractivity contribution is -0.134. The minimum absolute atomic E-state index is 0.0631. The Morgan fingerprint density at radius 1 is 1.26 bits per heavy atom. The van der Waals surface area contributed by atoms with E-state index < -0.39 is 34.4 Å². The number of hydrogen-bond acceptors (Lipinski definition) is 7. The Hall–Kier alpha value is -2.49. The third kappa shape index (κ3) is 4.73. The van der Waals surface area contributed by atoms with Crippen LogP contribution in [0.3, 0.4) is 0 Å². The standard InChI is InChI=1S/C21H19ClN2O5S2/c1-24(13-8-9-31(27,28)12-13)20(25)11-29-21(26)15-10-17(18-6-7-19(22)30-18)23-16-5-3-2-4-14(15)16/h2-7,10,13H,8-9,11-12H2,1H3/t13-/m0/s1. The molecule has 1 atom stereocenters. The molecule has 162 valence electrons. The van der Waals surface area contributed by atoms with Crippen molar-refractivity contribution in [3.8, 4) is 10.6 Å². The fourth-order valence-corrected chi connectivity index (χ4v) is 6.29. The van der Waals surface area contributed by atoms with E-state index in [1.807, 2.05) is 12.1 Å². The van der Waals surface area contributed by atoms with Crippen LogP contribution in [0.1, 0.15) is 16.8 Å². The molecule has 10 heteroatoms. The van der Waals surface area contributed by atoms with Crippen molar-refractivity contribution in [2.24, 2.45) is 0 Å². The number of hydrogen-bond donors (Lipinski definition) is 0. The van der Waals surface area contributed by atoms with Gasteiger partial charge in [0.1, 0.15) is 0 Å². The lowest BCUT2D eigenvalue weighted by Gasteiger charge is -2.23. The van der Waals surface area contributed by atoms with Crippen LogP contribution in [0.4, 0.5) is 0 Å². The fraction of sp³-hybridized carbons (Fsp3) is 0.286. The van der Waals surface area contributed by atoms with Gasteiger partial charge in [0, 0.05) is 18.5 Å². The maximum Gasteiger partial charge on any atom is 0.339 e. The second kappa shape index (κ2) is 8.57. The number of para-hydroxylation sites is 1. The Bertz CT molecular complexity index is 1270. The molecule has 31 heavy (non-hydrogen) atoms. The van der Waals surface area contributed by atoms with Crippen molar-refractivity contribution in [1.29, 1.82) is 0 Å². The van der Waals surface area contributed by atoms with E-state index in [4.69, 9.17) is 16.3 Å². The number of nitrogens with zero attached hydrogens (tertiary/aromatic N) is 2. The number of carbonyl (C=O) groups excluding carboxylic acids is 2. The molecule has 7 nitrogen and oxygen atoms in total. The number of likely N-dealkylation sites (N-methyl/N-ethyl adjacent to an activating group) is 1. The first-order chi connectivity index (χ1) is 14.7. The molecule has 1 fully saturated rings. The molecular formula is C21H19ClN2O5S2. The summed E-state index contributed by atoms with van der Waals surface area (Å²) < 4.78 is 29.2. The third-order valence-electron chi connectivity index (χ3n) is 5.24. The van der Waals surface area contributed by atoms with Crippen molar-refractivity contribution in [2.75, 3.05) is 25.2 Å². The maximum absolute atomic E-state index is 12.9. The van der Waals surface area contributed by atoms with E-state index in [0.717, 1.165) is 4.88 Å². The summed E-state index contributed by atoms with van der Waals surface area (Å²) >= 11 is 7.38. The number of benzene rings is 1. The Kier molecular flexibility index (Phi) is 6.00. The molecule has 0 saturated carbocycles. The van der Waals surface area contributed by atoms with Gasteiger partial charge in [-0.2, -0.15) is 0 Å². The van der Waals surface area contributed by atoms with Gasteiger partial charge >= 0.3 is 5.97 Å². The van der Waals surface area contributed by atoms with E-state index in [0.29, 0.717) is 32.9 Å². The largest absolute Gasteiger partial charge is 0.452 e.